The van der Waals surface area contributed by atoms with Crippen molar-refractivity contribution in [3.8, 4) is 0 Å². The zero-order valence-corrected chi connectivity index (χ0v) is 48.6. The summed E-state index contributed by atoms with van der Waals surface area (Å²) in [4.78, 5) is 22.6. The lowest BCUT2D eigenvalue weighted by Crippen LogP contribution is -2.10. The first-order valence-corrected chi connectivity index (χ1v) is 33.2. The number of carbonyl (C=O) groups is 2. The summed E-state index contributed by atoms with van der Waals surface area (Å²) in [7, 11) is 0. The molecule has 0 fully saturated rings. The van der Waals surface area contributed by atoms with Gasteiger partial charge in [-0.15, -0.1) is 0 Å². The Bertz CT molecular complexity index is 1190. The predicted octanol–water partition coefficient (Wildman–Crippen LogP) is 24.1. The van der Waals surface area contributed by atoms with E-state index in [0.717, 1.165) is 24.9 Å². The van der Waals surface area contributed by atoms with Gasteiger partial charge in [-0.2, -0.15) is 0 Å². The van der Waals surface area contributed by atoms with Crippen molar-refractivity contribution in [1.29, 1.82) is 0 Å². The number of unbranched alkanes of at least 4 members (excludes halogenated alkanes) is 57. The molecular formula is C68H127NO3. The average Bonchev–Trinajstić information content (AvgIpc) is 3.38. The van der Waals surface area contributed by atoms with Crippen LogP contribution in [0.3, 0.4) is 0 Å². The lowest BCUT2D eigenvalue weighted by Gasteiger charge is -2.05. The van der Waals surface area contributed by atoms with Crippen molar-refractivity contribution >= 4 is 17.6 Å². The number of aliphatic carboxylic acids is 1. The number of rotatable bonds is 62. The molecule has 0 heterocycles. The third-order valence-corrected chi connectivity index (χ3v) is 16.1. The number of anilines is 1. The number of carbonyl (C=O) groups excluding carboxylic acids is 1. The summed E-state index contributed by atoms with van der Waals surface area (Å²) in [6, 6.07) is 9.80. The molecular weight excluding hydrogens is 879 g/mol. The van der Waals surface area contributed by atoms with E-state index in [9.17, 15) is 9.59 Å². The average molecular weight is 1010 g/mol. The molecule has 0 saturated carbocycles. The van der Waals surface area contributed by atoms with Gasteiger partial charge in [0.2, 0.25) is 5.91 Å². The molecule has 0 atom stereocenters. The predicted molar refractivity (Wildman–Crippen MR) is 320 cm³/mol. The fourth-order valence-corrected chi connectivity index (χ4v) is 11.2. The van der Waals surface area contributed by atoms with Crippen LogP contribution in [-0.4, -0.2) is 17.0 Å². The van der Waals surface area contributed by atoms with Crippen LogP contribution in [0.1, 0.15) is 385 Å². The summed E-state index contributed by atoms with van der Waals surface area (Å²) in [5, 5.41) is 11.7. The van der Waals surface area contributed by atoms with Crippen LogP contribution in [0.4, 0.5) is 5.69 Å². The number of carboxylic acid groups (broad SMARTS) is 1. The van der Waals surface area contributed by atoms with Crippen LogP contribution in [0.25, 0.3) is 0 Å². The maximum absolute atomic E-state index is 12.0. The van der Waals surface area contributed by atoms with E-state index in [4.69, 9.17) is 5.11 Å². The third-order valence-electron chi connectivity index (χ3n) is 16.1. The fourth-order valence-electron chi connectivity index (χ4n) is 11.2. The van der Waals surface area contributed by atoms with Crippen LogP contribution in [-0.2, 0) is 9.59 Å². The third kappa shape index (κ3) is 57.4. The Balaban J connectivity index is 1.60. The summed E-state index contributed by atoms with van der Waals surface area (Å²) in [5.74, 6) is -0.497. The molecule has 1 amide bonds. The second-order valence-electron chi connectivity index (χ2n) is 23.3. The van der Waals surface area contributed by atoms with Crippen LogP contribution >= 0.6 is 0 Å². The topological polar surface area (TPSA) is 66.4 Å². The van der Waals surface area contributed by atoms with Crippen LogP contribution < -0.4 is 5.32 Å². The molecule has 4 heteroatoms. The molecule has 0 spiro atoms. The molecule has 0 saturated heterocycles. The summed E-state index contributed by atoms with van der Waals surface area (Å²) >= 11 is 0. The zero-order valence-electron chi connectivity index (χ0n) is 48.6. The Morgan fingerprint density at radius 2 is 0.389 bits per heavy atom. The highest BCUT2D eigenvalue weighted by atomic mass is 16.4. The number of nitrogens with one attached hydrogen (secondary N) is 1. The van der Waals surface area contributed by atoms with E-state index in [1.165, 1.54) is 353 Å². The molecule has 1 aromatic carbocycles. The van der Waals surface area contributed by atoms with Gasteiger partial charge in [0.05, 0.1) is 0 Å². The van der Waals surface area contributed by atoms with Crippen LogP contribution in [0.2, 0.25) is 0 Å². The van der Waals surface area contributed by atoms with E-state index < -0.39 is 5.97 Å². The SMILES string of the molecule is O=C(O)CCCCCCCCCCCCCCCCCCCCCCCCCCCCCCCCCCCCCCCCCCCCCCCCCCCCCCCCCCCCC(=O)Nc1ccccc1. The fraction of sp³-hybridized carbons (Fsp3) is 0.882. The number of hydrogen-bond acceptors (Lipinski definition) is 2. The quantitative estimate of drug-likeness (QED) is 0.0639. The smallest absolute Gasteiger partial charge is 0.303 e. The Morgan fingerprint density at radius 1 is 0.236 bits per heavy atom. The van der Waals surface area contributed by atoms with Gasteiger partial charge in [-0.1, -0.05) is 378 Å². The molecule has 0 bridgehead atoms. The largest absolute Gasteiger partial charge is 0.481 e. The van der Waals surface area contributed by atoms with Crippen molar-refractivity contribution in [3.05, 3.63) is 30.3 Å². The van der Waals surface area contributed by atoms with Gasteiger partial charge < -0.3 is 10.4 Å². The maximum atomic E-state index is 12.0. The first-order valence-electron chi connectivity index (χ1n) is 33.2. The van der Waals surface area contributed by atoms with Gasteiger partial charge in [0.25, 0.3) is 0 Å². The standard InChI is InChI=1S/C68H127NO3/c70-67(69-66-62-58-57-59-63-66)64-60-55-53-51-49-47-45-43-41-39-37-35-33-31-29-27-25-23-21-19-17-15-13-11-9-7-5-3-1-2-4-6-8-10-12-14-16-18-20-22-24-26-28-30-32-34-36-38-40-42-44-46-48-50-52-54-56-61-65-68(71)72/h57-59,62-63H,1-56,60-61,64-65H2,(H,69,70)(H,71,72). The molecule has 1 rings (SSSR count). The minimum atomic E-state index is -0.647. The van der Waals surface area contributed by atoms with Crippen molar-refractivity contribution < 1.29 is 14.7 Å². The number of benzene rings is 1. The number of para-hydroxylation sites is 1. The lowest BCUT2D eigenvalue weighted by molar-refractivity contribution is -0.137. The normalized spacial score (nSPS) is 11.5. The van der Waals surface area contributed by atoms with E-state index in [1.54, 1.807) is 0 Å². The van der Waals surface area contributed by atoms with Crippen molar-refractivity contribution in [2.45, 2.75) is 385 Å². The molecule has 0 aliphatic carbocycles. The highest BCUT2D eigenvalue weighted by Gasteiger charge is 2.03. The molecule has 0 unspecified atom stereocenters. The molecule has 0 radical (unpaired) electrons. The molecule has 4 nitrogen and oxygen atoms in total. The molecule has 0 aromatic heterocycles. The Morgan fingerprint density at radius 3 is 0.556 bits per heavy atom. The molecule has 0 aliphatic rings. The van der Waals surface area contributed by atoms with Gasteiger partial charge in [0.1, 0.15) is 0 Å². The van der Waals surface area contributed by atoms with E-state index in [-0.39, 0.29) is 5.91 Å². The number of hydrogen-bond donors (Lipinski definition) is 2. The van der Waals surface area contributed by atoms with Crippen LogP contribution in [0, 0.1) is 0 Å². The van der Waals surface area contributed by atoms with Crippen molar-refractivity contribution in [2.75, 3.05) is 5.32 Å². The summed E-state index contributed by atoms with van der Waals surface area (Å²) in [6.45, 7) is 0. The molecule has 2 N–H and O–H groups in total. The van der Waals surface area contributed by atoms with Crippen LogP contribution in [0.15, 0.2) is 30.3 Å². The molecule has 72 heavy (non-hydrogen) atoms. The molecule has 422 valence electrons. The van der Waals surface area contributed by atoms with Gasteiger partial charge in [-0.3, -0.25) is 9.59 Å². The summed E-state index contributed by atoms with van der Waals surface area (Å²) in [6.07, 6.45) is 83.1. The monoisotopic (exact) mass is 1010 g/mol. The van der Waals surface area contributed by atoms with E-state index in [1.807, 2.05) is 30.3 Å². The Hall–Kier alpha value is -1.84. The highest BCUT2D eigenvalue weighted by molar-refractivity contribution is 5.90. The number of carboxylic acids is 1. The van der Waals surface area contributed by atoms with Gasteiger partial charge in [0, 0.05) is 18.5 Å². The number of amides is 1. The van der Waals surface area contributed by atoms with Crippen molar-refractivity contribution in [2.24, 2.45) is 0 Å². The highest BCUT2D eigenvalue weighted by Crippen LogP contribution is 2.20. The van der Waals surface area contributed by atoms with Crippen LogP contribution in [0.5, 0.6) is 0 Å². The van der Waals surface area contributed by atoms with Crippen molar-refractivity contribution in [1.82, 2.24) is 0 Å². The van der Waals surface area contributed by atoms with E-state index in [2.05, 4.69) is 5.32 Å². The second-order valence-corrected chi connectivity index (χ2v) is 23.3. The maximum Gasteiger partial charge on any atom is 0.303 e. The minimum Gasteiger partial charge on any atom is -0.481 e. The summed E-state index contributed by atoms with van der Waals surface area (Å²) in [5.41, 5.74) is 0.906. The minimum absolute atomic E-state index is 0.150. The first kappa shape index (κ1) is 68.2. The Kier molecular flexibility index (Phi) is 56.8. The van der Waals surface area contributed by atoms with Gasteiger partial charge in [-0.05, 0) is 25.0 Å². The van der Waals surface area contributed by atoms with Crippen molar-refractivity contribution in [3.63, 3.8) is 0 Å². The van der Waals surface area contributed by atoms with Gasteiger partial charge in [-0.25, -0.2) is 0 Å². The van der Waals surface area contributed by atoms with E-state index in [0.29, 0.717) is 12.8 Å². The lowest BCUT2D eigenvalue weighted by atomic mass is 10.0. The molecule has 0 aliphatic heterocycles. The second kappa shape index (κ2) is 60.0. The van der Waals surface area contributed by atoms with Gasteiger partial charge in [0.15, 0.2) is 0 Å². The van der Waals surface area contributed by atoms with E-state index >= 15 is 0 Å². The Labute approximate surface area is 451 Å². The zero-order chi connectivity index (χ0) is 51.4. The first-order chi connectivity index (χ1) is 35.7. The molecule has 1 aromatic rings. The summed E-state index contributed by atoms with van der Waals surface area (Å²) < 4.78 is 0. The van der Waals surface area contributed by atoms with Gasteiger partial charge >= 0.3 is 5.97 Å².